The summed E-state index contributed by atoms with van der Waals surface area (Å²) in [4.78, 5) is 64.8. The van der Waals surface area contributed by atoms with Gasteiger partial charge in [-0.3, -0.25) is 19.2 Å². The molecule has 260 valence electrons. The number of nitrogens with one attached hydrogen (secondary N) is 2. The molecule has 4 unspecified atom stereocenters. The van der Waals surface area contributed by atoms with E-state index >= 15 is 0 Å². The van der Waals surface area contributed by atoms with Crippen molar-refractivity contribution in [3.05, 3.63) is 77.6 Å². The topological polar surface area (TPSA) is 171 Å². The molecule has 0 spiro atoms. The third-order valence-electron chi connectivity index (χ3n) is 8.91. The standard InChI is InChI=1S/C36H41N3O10/c1-46-25-8-5-22(6-9-25)4-3-17-48-21-31(41)29(19-32(42)43)37-35(44)24-18-30(40)33-28(14-7-23-15-16-39(20-24)34(23)33)38-36(45)49-27-12-10-26(47-2)11-13-27/h5-6,8-13,15-16,24,28-29,33H,3-4,7,14,17-21H2,1-2H3,(H,37,44)(H,38,45)(H,42,43). The third-order valence-corrected chi connectivity index (χ3v) is 8.91. The fraction of sp³-hybridized carbons (Fsp3) is 0.417. The van der Waals surface area contributed by atoms with Crippen LogP contribution in [0.25, 0.3) is 0 Å². The summed E-state index contributed by atoms with van der Waals surface area (Å²) in [6.07, 6.45) is 2.80. The lowest BCUT2D eigenvalue weighted by atomic mass is 9.79. The molecule has 0 radical (unpaired) electrons. The van der Waals surface area contributed by atoms with E-state index in [0.717, 1.165) is 22.6 Å². The molecule has 5 rings (SSSR count). The molecule has 2 heterocycles. The Morgan fingerprint density at radius 1 is 0.959 bits per heavy atom. The molecule has 4 atom stereocenters. The first-order valence-electron chi connectivity index (χ1n) is 16.2. The zero-order valence-electron chi connectivity index (χ0n) is 27.5. The van der Waals surface area contributed by atoms with Crippen molar-refractivity contribution in [1.82, 2.24) is 15.2 Å². The molecule has 13 nitrogen and oxygen atoms in total. The molecule has 0 saturated carbocycles. The van der Waals surface area contributed by atoms with Crippen molar-refractivity contribution in [3.8, 4) is 17.2 Å². The van der Waals surface area contributed by atoms with Gasteiger partial charge >= 0.3 is 12.1 Å². The number of amides is 2. The van der Waals surface area contributed by atoms with Crippen LogP contribution in [0.3, 0.4) is 0 Å². The van der Waals surface area contributed by atoms with Crippen LogP contribution in [0.4, 0.5) is 4.79 Å². The maximum absolute atomic E-state index is 13.8. The van der Waals surface area contributed by atoms with Crippen LogP contribution >= 0.6 is 0 Å². The van der Waals surface area contributed by atoms with Gasteiger partial charge in [0, 0.05) is 37.5 Å². The Morgan fingerprint density at radius 3 is 2.31 bits per heavy atom. The van der Waals surface area contributed by atoms with Gasteiger partial charge in [0.15, 0.2) is 5.78 Å². The smallest absolute Gasteiger partial charge is 0.412 e. The second-order valence-corrected chi connectivity index (χ2v) is 12.2. The molecule has 49 heavy (non-hydrogen) atoms. The minimum Gasteiger partial charge on any atom is -0.497 e. The quantitative estimate of drug-likeness (QED) is 0.203. The number of carbonyl (C=O) groups is 5. The van der Waals surface area contributed by atoms with E-state index in [1.807, 2.05) is 41.1 Å². The molecule has 2 amide bonds. The molecule has 0 fully saturated rings. The van der Waals surface area contributed by atoms with E-state index in [1.165, 1.54) is 7.11 Å². The Bertz CT molecular complexity index is 1650. The molecule has 3 aromatic rings. The molecular weight excluding hydrogens is 634 g/mol. The lowest BCUT2D eigenvalue weighted by Crippen LogP contribution is -2.47. The van der Waals surface area contributed by atoms with Gasteiger partial charge in [-0.1, -0.05) is 12.1 Å². The summed E-state index contributed by atoms with van der Waals surface area (Å²) < 4.78 is 23.1. The number of hydrogen-bond donors (Lipinski definition) is 3. The summed E-state index contributed by atoms with van der Waals surface area (Å²) in [5, 5.41) is 14.9. The average molecular weight is 676 g/mol. The maximum Gasteiger partial charge on any atom is 0.412 e. The van der Waals surface area contributed by atoms with Crippen LogP contribution in [0.2, 0.25) is 0 Å². The molecule has 0 bridgehead atoms. The van der Waals surface area contributed by atoms with Crippen molar-refractivity contribution in [3.63, 3.8) is 0 Å². The summed E-state index contributed by atoms with van der Waals surface area (Å²) in [6.45, 7) is 0.0610. The summed E-state index contributed by atoms with van der Waals surface area (Å²) >= 11 is 0. The van der Waals surface area contributed by atoms with Crippen molar-refractivity contribution < 1.29 is 48.0 Å². The molecular formula is C36H41N3O10. The molecule has 3 N–H and O–H groups in total. The molecule has 1 aliphatic heterocycles. The number of carboxylic acids is 1. The van der Waals surface area contributed by atoms with Crippen molar-refractivity contribution in [1.29, 1.82) is 0 Å². The summed E-state index contributed by atoms with van der Waals surface area (Å²) in [7, 11) is 3.13. The first kappa shape index (κ1) is 35.1. The summed E-state index contributed by atoms with van der Waals surface area (Å²) in [5.74, 6) is -2.56. The van der Waals surface area contributed by atoms with Crippen LogP contribution in [0.5, 0.6) is 17.2 Å². The highest BCUT2D eigenvalue weighted by Gasteiger charge is 2.42. The Morgan fingerprint density at radius 2 is 1.63 bits per heavy atom. The van der Waals surface area contributed by atoms with Crippen LogP contribution in [0.15, 0.2) is 60.8 Å². The highest BCUT2D eigenvalue weighted by Crippen LogP contribution is 2.38. The fourth-order valence-electron chi connectivity index (χ4n) is 6.41. The van der Waals surface area contributed by atoms with Gasteiger partial charge in [-0.15, -0.1) is 0 Å². The number of carbonyl (C=O) groups excluding carboxylic acids is 4. The molecule has 0 saturated heterocycles. The van der Waals surface area contributed by atoms with Crippen LogP contribution in [0.1, 0.15) is 48.4 Å². The van der Waals surface area contributed by atoms with Gasteiger partial charge in [0.1, 0.15) is 35.7 Å². The summed E-state index contributed by atoms with van der Waals surface area (Å²) in [5.41, 5.74) is 2.78. The Labute approximate surface area is 283 Å². The number of ketones is 2. The number of aryl methyl sites for hydroxylation is 2. The zero-order valence-corrected chi connectivity index (χ0v) is 27.5. The van der Waals surface area contributed by atoms with Gasteiger partial charge in [0.25, 0.3) is 0 Å². The van der Waals surface area contributed by atoms with E-state index in [4.69, 9.17) is 18.9 Å². The number of aliphatic carboxylic acids is 1. The Hall–Kier alpha value is -5.17. The van der Waals surface area contributed by atoms with Crippen LogP contribution < -0.4 is 24.8 Å². The van der Waals surface area contributed by atoms with Crippen molar-refractivity contribution in [2.24, 2.45) is 5.92 Å². The Kier molecular flexibility index (Phi) is 11.7. The maximum atomic E-state index is 13.8. The van der Waals surface area contributed by atoms with E-state index in [9.17, 15) is 29.1 Å². The number of ether oxygens (including phenoxy) is 4. The first-order chi connectivity index (χ1) is 23.6. The van der Waals surface area contributed by atoms with E-state index in [0.29, 0.717) is 37.2 Å². The number of nitrogens with zero attached hydrogens (tertiary/aromatic N) is 1. The van der Waals surface area contributed by atoms with E-state index in [1.54, 1.807) is 31.4 Å². The minimum atomic E-state index is -1.32. The lowest BCUT2D eigenvalue weighted by molar-refractivity contribution is -0.141. The second-order valence-electron chi connectivity index (χ2n) is 12.2. The highest BCUT2D eigenvalue weighted by atomic mass is 16.6. The van der Waals surface area contributed by atoms with Gasteiger partial charge < -0.3 is 39.3 Å². The third kappa shape index (κ3) is 9.05. The number of methoxy groups -OCH3 is 2. The van der Waals surface area contributed by atoms with Crippen molar-refractivity contribution >= 4 is 29.5 Å². The highest BCUT2D eigenvalue weighted by molar-refractivity contribution is 5.96. The Balaban J connectivity index is 1.18. The monoisotopic (exact) mass is 675 g/mol. The number of benzene rings is 2. The SMILES string of the molecule is COc1ccc(CCCOCC(=O)C(CC(=O)O)NC(=O)C2CC(=O)C3c4c(ccn4C2)CCC3NC(=O)Oc2ccc(OC)cc2)cc1. The van der Waals surface area contributed by atoms with Gasteiger partial charge in [-0.25, -0.2) is 4.79 Å². The van der Waals surface area contributed by atoms with E-state index < -0.39 is 54.1 Å². The van der Waals surface area contributed by atoms with E-state index in [2.05, 4.69) is 10.6 Å². The molecule has 2 aromatic carbocycles. The largest absolute Gasteiger partial charge is 0.497 e. The normalized spacial score (nSPS) is 18.7. The van der Waals surface area contributed by atoms with Crippen LogP contribution in [-0.2, 0) is 43.3 Å². The van der Waals surface area contributed by atoms with Gasteiger partial charge in [-0.2, -0.15) is 0 Å². The van der Waals surface area contributed by atoms with Crippen LogP contribution in [0, 0.1) is 5.92 Å². The fourth-order valence-corrected chi connectivity index (χ4v) is 6.41. The second kappa shape index (κ2) is 16.3. The lowest BCUT2D eigenvalue weighted by Gasteiger charge is -2.31. The molecule has 2 aliphatic rings. The number of hydrogen-bond acceptors (Lipinski definition) is 9. The average Bonchev–Trinajstić information content (AvgIpc) is 3.42. The number of carboxylic acid groups (broad SMARTS) is 1. The number of aromatic nitrogens is 1. The van der Waals surface area contributed by atoms with Crippen molar-refractivity contribution in [2.45, 2.75) is 63.1 Å². The van der Waals surface area contributed by atoms with Gasteiger partial charge in [-0.05, 0) is 79.3 Å². The zero-order chi connectivity index (χ0) is 34.9. The predicted octanol–water partition coefficient (Wildman–Crippen LogP) is 3.46. The van der Waals surface area contributed by atoms with Crippen LogP contribution in [-0.4, -0.2) is 78.7 Å². The summed E-state index contributed by atoms with van der Waals surface area (Å²) in [6, 6.07) is 14.2. The van der Waals surface area contributed by atoms with Crippen molar-refractivity contribution in [2.75, 3.05) is 27.4 Å². The van der Waals surface area contributed by atoms with E-state index in [-0.39, 0.29) is 32.0 Å². The first-order valence-corrected chi connectivity index (χ1v) is 16.2. The van der Waals surface area contributed by atoms with Gasteiger partial charge in [0.05, 0.1) is 32.5 Å². The molecule has 13 heteroatoms. The van der Waals surface area contributed by atoms with Gasteiger partial charge in [0.2, 0.25) is 5.91 Å². The predicted molar refractivity (Wildman–Crippen MR) is 176 cm³/mol. The number of Topliss-reactive ketones (excluding diaryl/α,β-unsaturated/α-hetero) is 2. The molecule has 1 aromatic heterocycles. The number of rotatable bonds is 15. The minimum absolute atomic E-state index is 0.154. The molecule has 1 aliphatic carbocycles.